The average Bonchev–Trinajstić information content (AvgIpc) is 2.50. The highest BCUT2D eigenvalue weighted by Gasteiger charge is 2.22. The van der Waals surface area contributed by atoms with E-state index < -0.39 is 11.7 Å². The fourth-order valence-electron chi connectivity index (χ4n) is 2.87. The number of anilines is 2. The van der Waals surface area contributed by atoms with Gasteiger partial charge in [-0.05, 0) is 37.5 Å². The molecule has 2 heterocycles. The molecule has 3 N–H and O–H groups in total. The maximum Gasteiger partial charge on any atom is 0.252 e. The van der Waals surface area contributed by atoms with Gasteiger partial charge in [-0.3, -0.25) is 9.59 Å². The van der Waals surface area contributed by atoms with Crippen molar-refractivity contribution in [2.24, 2.45) is 5.73 Å². The van der Waals surface area contributed by atoms with Crippen molar-refractivity contribution in [3.63, 3.8) is 0 Å². The van der Waals surface area contributed by atoms with Gasteiger partial charge in [-0.15, -0.1) is 0 Å². The first kappa shape index (κ1) is 15.7. The Bertz CT molecular complexity index is 848. The van der Waals surface area contributed by atoms with Crippen LogP contribution in [0.1, 0.15) is 28.9 Å². The third-order valence-corrected chi connectivity index (χ3v) is 4.40. The molecular formula is C16H15BrFN3O2. The van der Waals surface area contributed by atoms with E-state index in [9.17, 15) is 14.0 Å². The first-order valence-electron chi connectivity index (χ1n) is 7.26. The summed E-state index contributed by atoms with van der Waals surface area (Å²) in [6.45, 7) is 0.571. The SMILES string of the molecule is NC(=O)c1c(Nc2ccc(Br)cc2F)cc(=O)n2c1CCCC2. The maximum absolute atomic E-state index is 14.0. The number of nitrogens with zero attached hydrogens (tertiary/aromatic N) is 1. The zero-order chi connectivity index (χ0) is 16.6. The molecule has 0 saturated carbocycles. The van der Waals surface area contributed by atoms with E-state index in [1.807, 2.05) is 0 Å². The van der Waals surface area contributed by atoms with Crippen LogP contribution < -0.4 is 16.6 Å². The molecule has 1 aliphatic rings. The zero-order valence-corrected chi connectivity index (χ0v) is 13.8. The first-order chi connectivity index (χ1) is 11.0. The van der Waals surface area contributed by atoms with Gasteiger partial charge in [-0.1, -0.05) is 15.9 Å². The van der Waals surface area contributed by atoms with Crippen LogP contribution in [0.25, 0.3) is 0 Å². The summed E-state index contributed by atoms with van der Waals surface area (Å²) in [7, 11) is 0. The van der Waals surface area contributed by atoms with E-state index in [4.69, 9.17) is 5.73 Å². The maximum atomic E-state index is 14.0. The number of nitrogens with one attached hydrogen (secondary N) is 1. The van der Waals surface area contributed by atoms with Crippen molar-refractivity contribution in [3.05, 3.63) is 56.2 Å². The number of hydrogen-bond acceptors (Lipinski definition) is 3. The predicted molar refractivity (Wildman–Crippen MR) is 89.5 cm³/mol. The third kappa shape index (κ3) is 3.01. The minimum atomic E-state index is -0.629. The highest BCUT2D eigenvalue weighted by atomic mass is 79.9. The molecule has 5 nitrogen and oxygen atoms in total. The Labute approximate surface area is 140 Å². The normalized spacial score (nSPS) is 13.5. The van der Waals surface area contributed by atoms with Gasteiger partial charge in [0, 0.05) is 22.8 Å². The van der Waals surface area contributed by atoms with Gasteiger partial charge in [0.15, 0.2) is 0 Å². The lowest BCUT2D eigenvalue weighted by molar-refractivity contribution is 0.0998. The molecular weight excluding hydrogens is 365 g/mol. The lowest BCUT2D eigenvalue weighted by Crippen LogP contribution is -2.31. The molecule has 120 valence electrons. The fourth-order valence-corrected chi connectivity index (χ4v) is 3.21. The topological polar surface area (TPSA) is 77.1 Å². The second kappa shape index (κ2) is 6.16. The molecule has 0 spiro atoms. The summed E-state index contributed by atoms with van der Waals surface area (Å²) in [5, 5.41) is 2.83. The summed E-state index contributed by atoms with van der Waals surface area (Å²) in [6.07, 6.45) is 2.38. The molecule has 0 unspecified atom stereocenters. The van der Waals surface area contributed by atoms with E-state index in [0.717, 1.165) is 12.8 Å². The molecule has 1 aromatic heterocycles. The van der Waals surface area contributed by atoms with Crippen molar-refractivity contribution in [2.75, 3.05) is 5.32 Å². The first-order valence-corrected chi connectivity index (χ1v) is 8.05. The van der Waals surface area contributed by atoms with E-state index in [1.54, 1.807) is 10.6 Å². The van der Waals surface area contributed by atoms with Gasteiger partial charge in [0.25, 0.3) is 11.5 Å². The summed E-state index contributed by atoms with van der Waals surface area (Å²) in [4.78, 5) is 24.2. The van der Waals surface area contributed by atoms with Crippen LogP contribution in [0, 0.1) is 5.82 Å². The molecule has 1 aliphatic heterocycles. The fraction of sp³-hybridized carbons (Fsp3) is 0.250. The number of halogens is 2. The Kier molecular flexibility index (Phi) is 4.21. The lowest BCUT2D eigenvalue weighted by atomic mass is 10.0. The van der Waals surface area contributed by atoms with Crippen molar-refractivity contribution in [3.8, 4) is 0 Å². The molecule has 2 aromatic rings. The number of amides is 1. The Hall–Kier alpha value is -2.15. The smallest absolute Gasteiger partial charge is 0.252 e. The molecule has 1 amide bonds. The summed E-state index contributed by atoms with van der Waals surface area (Å²) < 4.78 is 16.2. The number of benzene rings is 1. The molecule has 0 atom stereocenters. The molecule has 0 bridgehead atoms. The third-order valence-electron chi connectivity index (χ3n) is 3.91. The minimum Gasteiger partial charge on any atom is -0.365 e. The van der Waals surface area contributed by atoms with Gasteiger partial charge in [-0.25, -0.2) is 4.39 Å². The number of rotatable bonds is 3. The molecule has 7 heteroatoms. The van der Waals surface area contributed by atoms with Crippen LogP contribution in [0.2, 0.25) is 0 Å². The van der Waals surface area contributed by atoms with Gasteiger partial charge in [-0.2, -0.15) is 0 Å². The number of nitrogens with two attached hydrogens (primary N) is 1. The summed E-state index contributed by atoms with van der Waals surface area (Å²) >= 11 is 3.19. The van der Waals surface area contributed by atoms with E-state index >= 15 is 0 Å². The van der Waals surface area contributed by atoms with Crippen molar-refractivity contribution in [1.29, 1.82) is 0 Å². The van der Waals surface area contributed by atoms with Crippen molar-refractivity contribution >= 4 is 33.2 Å². The van der Waals surface area contributed by atoms with Crippen LogP contribution in [0.15, 0.2) is 33.5 Å². The molecule has 1 aromatic carbocycles. The Morgan fingerprint density at radius 2 is 2.04 bits per heavy atom. The number of carbonyl (C=O) groups is 1. The molecule has 23 heavy (non-hydrogen) atoms. The number of aromatic nitrogens is 1. The zero-order valence-electron chi connectivity index (χ0n) is 12.2. The van der Waals surface area contributed by atoms with E-state index in [1.165, 1.54) is 18.2 Å². The largest absolute Gasteiger partial charge is 0.365 e. The molecule has 0 fully saturated rings. The standard InChI is InChI=1S/C16H15BrFN3O2/c17-9-4-5-11(10(18)7-9)20-12-8-14(22)21-6-2-1-3-13(21)15(12)16(19)23/h4-5,7-8,20H,1-3,6H2,(H2,19,23). The second-order valence-electron chi connectivity index (χ2n) is 5.44. The highest BCUT2D eigenvalue weighted by Crippen LogP contribution is 2.28. The number of carbonyl (C=O) groups excluding carboxylic acids is 1. The predicted octanol–water partition coefficient (Wildman–Crippen LogP) is 2.93. The number of pyridine rings is 1. The van der Waals surface area contributed by atoms with E-state index in [0.29, 0.717) is 23.1 Å². The van der Waals surface area contributed by atoms with Crippen LogP contribution in [-0.2, 0) is 13.0 Å². The Morgan fingerprint density at radius 1 is 1.26 bits per heavy atom. The van der Waals surface area contributed by atoms with Crippen molar-refractivity contribution in [2.45, 2.75) is 25.8 Å². The summed E-state index contributed by atoms with van der Waals surface area (Å²) in [5.74, 6) is -1.12. The summed E-state index contributed by atoms with van der Waals surface area (Å²) in [6, 6.07) is 5.80. The molecule has 0 saturated heterocycles. The number of primary amides is 1. The van der Waals surface area contributed by atoms with Crippen LogP contribution in [0.4, 0.5) is 15.8 Å². The molecule has 0 radical (unpaired) electrons. The van der Waals surface area contributed by atoms with Crippen LogP contribution >= 0.6 is 15.9 Å². The highest BCUT2D eigenvalue weighted by molar-refractivity contribution is 9.10. The van der Waals surface area contributed by atoms with Crippen LogP contribution in [-0.4, -0.2) is 10.5 Å². The van der Waals surface area contributed by atoms with Crippen molar-refractivity contribution < 1.29 is 9.18 Å². The number of hydrogen-bond donors (Lipinski definition) is 2. The van der Waals surface area contributed by atoms with Gasteiger partial charge in [0.1, 0.15) is 5.82 Å². The van der Waals surface area contributed by atoms with Crippen LogP contribution in [0.3, 0.4) is 0 Å². The Morgan fingerprint density at radius 3 is 2.74 bits per heavy atom. The monoisotopic (exact) mass is 379 g/mol. The second-order valence-corrected chi connectivity index (χ2v) is 6.36. The van der Waals surface area contributed by atoms with Gasteiger partial charge < -0.3 is 15.6 Å². The number of fused-ring (bicyclic) bond motifs is 1. The quantitative estimate of drug-likeness (QED) is 0.860. The average molecular weight is 380 g/mol. The minimum absolute atomic E-state index is 0.177. The molecule has 0 aliphatic carbocycles. The lowest BCUT2D eigenvalue weighted by Gasteiger charge is -2.23. The van der Waals surface area contributed by atoms with Gasteiger partial charge in [0.05, 0.1) is 16.9 Å². The Balaban J connectivity index is 2.13. The van der Waals surface area contributed by atoms with E-state index in [2.05, 4.69) is 21.2 Å². The van der Waals surface area contributed by atoms with Gasteiger partial charge >= 0.3 is 0 Å². The summed E-state index contributed by atoms with van der Waals surface area (Å²) in [5.41, 5.74) is 6.59. The molecule has 3 rings (SSSR count). The van der Waals surface area contributed by atoms with E-state index in [-0.39, 0.29) is 22.5 Å². The van der Waals surface area contributed by atoms with Crippen molar-refractivity contribution in [1.82, 2.24) is 4.57 Å². The van der Waals surface area contributed by atoms with Crippen LogP contribution in [0.5, 0.6) is 0 Å². The van der Waals surface area contributed by atoms with Gasteiger partial charge in [0.2, 0.25) is 0 Å².